The number of imide groups is 1. The number of esters is 1. The molecule has 0 aromatic heterocycles. The highest BCUT2D eigenvalue weighted by molar-refractivity contribution is 6.22. The van der Waals surface area contributed by atoms with E-state index >= 15 is 0 Å². The molecule has 23 heavy (non-hydrogen) atoms. The molecule has 2 fully saturated rings. The van der Waals surface area contributed by atoms with E-state index in [0.29, 0.717) is 11.4 Å². The minimum absolute atomic E-state index is 0.118. The molecule has 4 atom stereocenters. The van der Waals surface area contributed by atoms with Crippen molar-refractivity contribution in [3.63, 3.8) is 0 Å². The van der Waals surface area contributed by atoms with Crippen molar-refractivity contribution in [2.24, 2.45) is 23.7 Å². The molecule has 116 valence electrons. The Morgan fingerprint density at radius 2 is 1.65 bits per heavy atom. The molecule has 3 aliphatic rings. The van der Waals surface area contributed by atoms with Gasteiger partial charge in [-0.2, -0.15) is 0 Å². The van der Waals surface area contributed by atoms with E-state index in [4.69, 9.17) is 4.74 Å². The van der Waals surface area contributed by atoms with Crippen LogP contribution in [0, 0.1) is 23.7 Å². The summed E-state index contributed by atoms with van der Waals surface area (Å²) in [6.45, 7) is 3.33. The summed E-state index contributed by atoms with van der Waals surface area (Å²) in [5.41, 5.74) is 0.521. The predicted molar refractivity (Wildman–Crippen MR) is 82.5 cm³/mol. The molecule has 4 unspecified atom stereocenters. The van der Waals surface area contributed by atoms with Crippen LogP contribution in [0.25, 0.3) is 0 Å². The molecular formula is C18H15NO4. The molecule has 1 aromatic carbocycles. The fourth-order valence-electron chi connectivity index (χ4n) is 3.98. The van der Waals surface area contributed by atoms with Gasteiger partial charge in [-0.05, 0) is 42.5 Å². The van der Waals surface area contributed by atoms with Gasteiger partial charge in [-0.25, -0.2) is 4.79 Å². The lowest BCUT2D eigenvalue weighted by Crippen LogP contribution is -2.32. The fourth-order valence-corrected chi connectivity index (χ4v) is 3.98. The topological polar surface area (TPSA) is 63.7 Å². The van der Waals surface area contributed by atoms with Crippen molar-refractivity contribution >= 4 is 23.5 Å². The summed E-state index contributed by atoms with van der Waals surface area (Å²) in [4.78, 5) is 37.8. The van der Waals surface area contributed by atoms with Crippen LogP contribution in [-0.4, -0.2) is 17.8 Å². The number of hydrogen-bond donors (Lipinski definition) is 0. The van der Waals surface area contributed by atoms with Crippen molar-refractivity contribution in [2.75, 3.05) is 4.90 Å². The Morgan fingerprint density at radius 3 is 2.17 bits per heavy atom. The standard InChI is InChI=1S/C18H15NO4/c1-2-14(20)23-13-7-5-12(6-8-13)19-17(21)15-10-3-4-11(9-10)16(15)18(19)22/h2-8,10-11,15-16H,1,9H2. The van der Waals surface area contributed by atoms with Gasteiger partial charge in [0.05, 0.1) is 17.5 Å². The molecule has 5 heteroatoms. The minimum Gasteiger partial charge on any atom is -0.423 e. The average molecular weight is 309 g/mol. The predicted octanol–water partition coefficient (Wildman–Crippen LogP) is 2.09. The Hall–Kier alpha value is -2.69. The zero-order valence-electron chi connectivity index (χ0n) is 12.3. The van der Waals surface area contributed by atoms with Crippen LogP contribution in [0.15, 0.2) is 49.1 Å². The maximum Gasteiger partial charge on any atom is 0.335 e. The van der Waals surface area contributed by atoms with Crippen molar-refractivity contribution in [1.29, 1.82) is 0 Å². The Kier molecular flexibility index (Phi) is 2.98. The van der Waals surface area contributed by atoms with E-state index in [9.17, 15) is 14.4 Å². The summed E-state index contributed by atoms with van der Waals surface area (Å²) in [5.74, 6) is -0.478. The van der Waals surface area contributed by atoms with Gasteiger partial charge in [-0.1, -0.05) is 18.7 Å². The van der Waals surface area contributed by atoms with Gasteiger partial charge in [-0.15, -0.1) is 0 Å². The van der Waals surface area contributed by atoms with Crippen LogP contribution < -0.4 is 9.64 Å². The number of carbonyl (C=O) groups excluding carboxylic acids is 3. The minimum atomic E-state index is -0.553. The molecule has 1 aromatic rings. The van der Waals surface area contributed by atoms with Gasteiger partial charge in [0.1, 0.15) is 5.75 Å². The first-order chi connectivity index (χ1) is 11.1. The van der Waals surface area contributed by atoms with Gasteiger partial charge >= 0.3 is 5.97 Å². The van der Waals surface area contributed by atoms with Crippen molar-refractivity contribution in [1.82, 2.24) is 0 Å². The number of anilines is 1. The first-order valence-electron chi connectivity index (χ1n) is 7.60. The molecule has 0 radical (unpaired) electrons. The van der Waals surface area contributed by atoms with Crippen LogP contribution in [0.4, 0.5) is 5.69 Å². The number of benzene rings is 1. The normalized spacial score (nSPS) is 30.7. The zero-order valence-corrected chi connectivity index (χ0v) is 12.3. The molecule has 2 amide bonds. The number of fused-ring (bicyclic) bond motifs is 5. The summed E-state index contributed by atoms with van der Waals surface area (Å²) in [5, 5.41) is 0. The molecule has 4 rings (SSSR count). The Balaban J connectivity index is 1.59. The SMILES string of the molecule is C=CC(=O)Oc1ccc(N2C(=O)C3C4C=CC(C4)C3C2=O)cc1. The summed E-state index contributed by atoms with van der Waals surface area (Å²) >= 11 is 0. The van der Waals surface area contributed by atoms with Gasteiger partial charge in [0.15, 0.2) is 0 Å². The highest BCUT2D eigenvalue weighted by Gasteiger charge is 2.59. The third kappa shape index (κ3) is 1.96. The van der Waals surface area contributed by atoms with Crippen LogP contribution >= 0.6 is 0 Å². The Morgan fingerprint density at radius 1 is 1.09 bits per heavy atom. The Labute approximate surface area is 133 Å². The van der Waals surface area contributed by atoms with Crippen molar-refractivity contribution in [2.45, 2.75) is 6.42 Å². The molecule has 1 saturated carbocycles. The summed E-state index contributed by atoms with van der Waals surface area (Å²) in [7, 11) is 0. The molecular weight excluding hydrogens is 294 g/mol. The number of allylic oxidation sites excluding steroid dienone is 2. The van der Waals surface area contributed by atoms with Gasteiger partial charge < -0.3 is 4.74 Å². The molecule has 5 nitrogen and oxygen atoms in total. The zero-order chi connectivity index (χ0) is 16.1. The second-order valence-corrected chi connectivity index (χ2v) is 6.13. The van der Waals surface area contributed by atoms with E-state index in [0.717, 1.165) is 12.5 Å². The number of rotatable bonds is 3. The highest BCUT2D eigenvalue weighted by atomic mass is 16.5. The van der Waals surface area contributed by atoms with E-state index in [2.05, 4.69) is 18.7 Å². The average Bonchev–Trinajstić information content (AvgIpc) is 3.23. The molecule has 0 N–H and O–H groups in total. The lowest BCUT2D eigenvalue weighted by atomic mass is 9.85. The second-order valence-electron chi connectivity index (χ2n) is 6.13. The van der Waals surface area contributed by atoms with Gasteiger partial charge in [0, 0.05) is 6.08 Å². The quantitative estimate of drug-likeness (QED) is 0.282. The van der Waals surface area contributed by atoms with E-state index < -0.39 is 5.97 Å². The van der Waals surface area contributed by atoms with E-state index in [-0.39, 0.29) is 35.5 Å². The smallest absolute Gasteiger partial charge is 0.335 e. The third-order valence-corrected chi connectivity index (χ3v) is 4.95. The van der Waals surface area contributed by atoms with Crippen LogP contribution in [0.2, 0.25) is 0 Å². The third-order valence-electron chi connectivity index (χ3n) is 4.95. The van der Waals surface area contributed by atoms with Crippen LogP contribution in [-0.2, 0) is 14.4 Å². The summed E-state index contributed by atoms with van der Waals surface area (Å²) < 4.78 is 5.00. The number of amides is 2. The fraction of sp³-hybridized carbons (Fsp3) is 0.278. The van der Waals surface area contributed by atoms with E-state index in [1.165, 1.54) is 4.90 Å². The molecule has 1 saturated heterocycles. The Bertz CT molecular complexity index is 719. The van der Waals surface area contributed by atoms with Crippen LogP contribution in [0.5, 0.6) is 5.75 Å². The van der Waals surface area contributed by atoms with Gasteiger partial charge in [0.25, 0.3) is 0 Å². The largest absolute Gasteiger partial charge is 0.423 e. The molecule has 0 spiro atoms. The molecule has 2 bridgehead atoms. The molecule has 1 heterocycles. The molecule has 2 aliphatic carbocycles. The van der Waals surface area contributed by atoms with Gasteiger partial charge in [-0.3, -0.25) is 14.5 Å². The highest BCUT2D eigenvalue weighted by Crippen LogP contribution is 2.53. The maximum atomic E-state index is 12.7. The number of ether oxygens (including phenoxy) is 1. The first-order valence-corrected chi connectivity index (χ1v) is 7.60. The number of hydrogen-bond acceptors (Lipinski definition) is 4. The maximum absolute atomic E-state index is 12.7. The summed E-state index contributed by atoms with van der Waals surface area (Å²) in [6, 6.07) is 6.38. The summed E-state index contributed by atoms with van der Waals surface area (Å²) in [6.07, 6.45) is 6.12. The molecule has 1 aliphatic heterocycles. The van der Waals surface area contributed by atoms with E-state index in [1.807, 2.05) is 0 Å². The van der Waals surface area contributed by atoms with Crippen molar-refractivity contribution < 1.29 is 19.1 Å². The lowest BCUT2D eigenvalue weighted by molar-refractivity contribution is -0.129. The van der Waals surface area contributed by atoms with Crippen LogP contribution in [0.3, 0.4) is 0 Å². The number of carbonyl (C=O) groups is 3. The monoisotopic (exact) mass is 309 g/mol. The number of nitrogens with zero attached hydrogens (tertiary/aromatic N) is 1. The first kappa shape index (κ1) is 13.9. The van der Waals surface area contributed by atoms with Crippen LogP contribution in [0.1, 0.15) is 6.42 Å². The van der Waals surface area contributed by atoms with Gasteiger partial charge in [0.2, 0.25) is 11.8 Å². The van der Waals surface area contributed by atoms with Crippen molar-refractivity contribution in [3.8, 4) is 5.75 Å². The van der Waals surface area contributed by atoms with E-state index in [1.54, 1.807) is 24.3 Å². The second kappa shape index (κ2) is 4.91. The lowest BCUT2D eigenvalue weighted by Gasteiger charge is -2.17. The van der Waals surface area contributed by atoms with Crippen molar-refractivity contribution in [3.05, 3.63) is 49.1 Å².